The summed E-state index contributed by atoms with van der Waals surface area (Å²) >= 11 is 3.15. The second kappa shape index (κ2) is 34.0. The molecule has 0 radical (unpaired) electrons. The number of nitriles is 3. The van der Waals surface area contributed by atoms with Crippen LogP contribution in [0.15, 0.2) is 91.5 Å². The van der Waals surface area contributed by atoms with Crippen LogP contribution in [0.1, 0.15) is 193 Å². The van der Waals surface area contributed by atoms with Gasteiger partial charge in [0, 0.05) is 192 Å². The standard InChI is InChI=1S/C104H110F9N23OS3/c1-57-62(43-131-20-12-65(13-21-131)121-88-79-31-72(35-102(105,106)107)138-93(79)120-56-119-88)6-9-84-75(57)28-69(38-114)134(84)53-96-46-98(47-96,48-96)129-82-34-78(82)89-124-90(80-32-73(36-103(108,109)110)139-94(80)126-89)122-66-14-22-132(23-15-66)44-63-7-10-85-76(58(63)2)29-70(39-115)135(85)54-97-49-99(50-97,51-97)130-87-42-117-83(41-118-87)92-125-91(81-33-74(37-104(111,112)113)140-95(81)127-92)123-67-16-24-133(25-17-67)45-64-8-11-86-77(59(64)3)30-71(40-116)136(86)55-100-52-101(60(100)4,61(100)5)128-68-18-26-137-27-19-68/h6-11,28-33,41-42,56,60-61,65-68,78,82,128-129H,12-27,34-37,43-55H2,1-5H3,(H,118,130)(H,119,120,121)(H,122,124,126)(H,123,125,127)/t60-,61-,78?,82?,96?,97?,98?,99?,100?,101?/m0/s1. The van der Waals surface area contributed by atoms with Crippen molar-refractivity contribution in [3.05, 3.63) is 162 Å². The van der Waals surface area contributed by atoms with Gasteiger partial charge in [-0.2, -0.15) is 55.3 Å². The molecule has 10 saturated carbocycles. The minimum Gasteiger partial charge on any atom is -0.381 e. The van der Waals surface area contributed by atoms with E-state index in [0.29, 0.717) is 113 Å². The van der Waals surface area contributed by atoms with Crippen LogP contribution in [-0.2, 0) is 63.3 Å². The Morgan fingerprint density at radius 2 is 0.886 bits per heavy atom. The maximum atomic E-state index is 14.0. The van der Waals surface area contributed by atoms with Crippen LogP contribution >= 0.6 is 34.0 Å². The van der Waals surface area contributed by atoms with E-state index in [2.05, 4.69) is 166 Å². The second-order valence-electron chi connectivity index (χ2n) is 43.4. The summed E-state index contributed by atoms with van der Waals surface area (Å²) in [5.41, 5.74) is 12.7. The summed E-state index contributed by atoms with van der Waals surface area (Å²) in [6, 6.07) is 32.3. The summed E-state index contributed by atoms with van der Waals surface area (Å²) in [5, 5.41) is 59.4. The molecule has 2 unspecified atom stereocenters. The van der Waals surface area contributed by atoms with Crippen LogP contribution in [0.5, 0.6) is 0 Å². The summed E-state index contributed by atoms with van der Waals surface area (Å²) in [5.74, 6) is 4.16. The highest BCUT2D eigenvalue weighted by atomic mass is 32.1. The Morgan fingerprint density at radius 1 is 0.450 bits per heavy atom. The molecule has 36 heteroatoms. The number of aromatic nitrogens is 11. The number of nitrogens with zero attached hydrogens (tertiary/aromatic N) is 17. The number of hydrogen-bond acceptors (Lipinski definition) is 24. The van der Waals surface area contributed by atoms with Crippen LogP contribution in [0.4, 0.5) is 62.8 Å². The lowest BCUT2D eigenvalue weighted by molar-refractivity contribution is -0.292. The Bertz CT molecular complexity index is 7190. The van der Waals surface area contributed by atoms with E-state index in [1.807, 2.05) is 12.1 Å². The van der Waals surface area contributed by atoms with Gasteiger partial charge in [0.05, 0.1) is 47.8 Å². The fourth-order valence-corrected chi connectivity index (χ4v) is 30.2. The average molecular weight is 1970 g/mol. The summed E-state index contributed by atoms with van der Waals surface area (Å²) in [7, 11) is 0. The van der Waals surface area contributed by atoms with Gasteiger partial charge < -0.3 is 50.3 Å². The molecule has 4 atom stereocenters. The minimum atomic E-state index is -4.41. The van der Waals surface area contributed by atoms with Gasteiger partial charge in [-0.15, -0.1) is 34.0 Å². The van der Waals surface area contributed by atoms with Gasteiger partial charge in [0.25, 0.3) is 0 Å². The lowest BCUT2D eigenvalue weighted by atomic mass is 9.27. The molecule has 10 aliphatic carbocycles. The molecule has 14 aliphatic rings. The van der Waals surface area contributed by atoms with E-state index in [-0.39, 0.29) is 83.4 Å². The number of piperidine rings is 3. The van der Waals surface area contributed by atoms with Crippen LogP contribution in [0.2, 0.25) is 0 Å². The zero-order valence-electron chi connectivity index (χ0n) is 78.8. The maximum absolute atomic E-state index is 14.0. The van der Waals surface area contributed by atoms with Crippen LogP contribution in [0.3, 0.4) is 0 Å². The van der Waals surface area contributed by atoms with Gasteiger partial charge in [-0.25, -0.2) is 39.9 Å². The third kappa shape index (κ3) is 16.6. The number of benzene rings is 3. The maximum Gasteiger partial charge on any atom is 0.393 e. The second-order valence-corrected chi connectivity index (χ2v) is 46.7. The highest BCUT2D eigenvalue weighted by molar-refractivity contribution is 7.19. The van der Waals surface area contributed by atoms with Crippen molar-refractivity contribution in [2.24, 2.45) is 28.1 Å². The Balaban J connectivity index is 0.375. The van der Waals surface area contributed by atoms with E-state index in [9.17, 15) is 55.3 Å². The molecule has 728 valence electrons. The number of likely N-dealkylation sites (tertiary alicyclic amines) is 3. The number of thiophene rings is 3. The molecule has 10 aromatic heterocycles. The molecule has 6 N–H and O–H groups in total. The fourth-order valence-electron chi connectivity index (χ4n) is 27.0. The van der Waals surface area contributed by atoms with E-state index >= 15 is 0 Å². The lowest BCUT2D eigenvalue weighted by Gasteiger charge is -2.81. The number of nitrogens with one attached hydrogen (secondary N) is 6. The smallest absolute Gasteiger partial charge is 0.381 e. The van der Waals surface area contributed by atoms with Crippen LogP contribution in [-0.4, -0.2) is 186 Å². The molecule has 0 spiro atoms. The van der Waals surface area contributed by atoms with Gasteiger partial charge in [-0.1, -0.05) is 32.0 Å². The van der Waals surface area contributed by atoms with Crippen molar-refractivity contribution >= 4 is 121 Å². The number of anilines is 4. The molecule has 13 aromatic rings. The first kappa shape index (κ1) is 91.7. The molecule has 140 heavy (non-hydrogen) atoms. The Labute approximate surface area is 815 Å². The summed E-state index contributed by atoms with van der Waals surface area (Å²) in [6.07, 6.45) is 2.93. The zero-order chi connectivity index (χ0) is 96.3. The molecular weight excluding hydrogens is 1850 g/mol. The molecule has 24 nitrogen and oxygen atoms in total. The number of ether oxygens (including phenoxy) is 1. The van der Waals surface area contributed by atoms with Gasteiger partial charge >= 0.3 is 18.5 Å². The van der Waals surface area contributed by atoms with Crippen molar-refractivity contribution < 1.29 is 44.3 Å². The van der Waals surface area contributed by atoms with E-state index in [0.717, 1.165) is 259 Å². The van der Waals surface area contributed by atoms with E-state index in [4.69, 9.17) is 34.6 Å². The predicted molar refractivity (Wildman–Crippen MR) is 524 cm³/mol. The number of fused-ring (bicyclic) bond motifs is 6. The number of halogens is 9. The normalized spacial score (nSPS) is 26.8. The first-order chi connectivity index (χ1) is 67.1. The molecule has 14 fully saturated rings. The Kier molecular flexibility index (Phi) is 22.3. The van der Waals surface area contributed by atoms with Gasteiger partial charge in [0.1, 0.15) is 90.9 Å². The zero-order valence-corrected chi connectivity index (χ0v) is 81.2. The van der Waals surface area contributed by atoms with Crippen molar-refractivity contribution in [2.75, 3.05) is 73.7 Å². The van der Waals surface area contributed by atoms with Gasteiger partial charge in [-0.05, 0) is 240 Å². The highest BCUT2D eigenvalue weighted by Gasteiger charge is 2.79. The average Bonchev–Trinajstić information content (AvgIpc) is 0.776. The fraction of sp³-hybridized carbons (Fsp3) is 0.529. The van der Waals surface area contributed by atoms with E-state index < -0.39 is 37.8 Å². The Morgan fingerprint density at radius 3 is 1.34 bits per heavy atom. The Hall–Kier alpha value is -10.7. The van der Waals surface area contributed by atoms with Crippen LogP contribution < -0.4 is 31.9 Å². The quantitative estimate of drug-likeness (QED) is 0.0238. The monoisotopic (exact) mass is 1960 g/mol. The van der Waals surface area contributed by atoms with Crippen LogP contribution in [0.25, 0.3) is 74.9 Å². The predicted octanol–water partition coefficient (Wildman–Crippen LogP) is 20.4. The number of hydrogen-bond donors (Lipinski definition) is 6. The van der Waals surface area contributed by atoms with Crippen LogP contribution in [0, 0.1) is 82.8 Å². The minimum absolute atomic E-state index is 0.00345. The van der Waals surface area contributed by atoms with Gasteiger partial charge in [0.15, 0.2) is 5.82 Å². The van der Waals surface area contributed by atoms with Crippen molar-refractivity contribution in [3.8, 4) is 29.7 Å². The molecule has 14 heterocycles. The highest BCUT2D eigenvalue weighted by Crippen LogP contribution is 2.76. The van der Waals surface area contributed by atoms with Crippen molar-refractivity contribution in [3.63, 3.8) is 0 Å². The first-order valence-corrected chi connectivity index (χ1v) is 51.9. The molecule has 27 rings (SSSR count). The van der Waals surface area contributed by atoms with Crippen molar-refractivity contribution in [2.45, 2.75) is 267 Å². The third-order valence-electron chi connectivity index (χ3n) is 34.3. The van der Waals surface area contributed by atoms with E-state index in [1.54, 1.807) is 30.6 Å². The van der Waals surface area contributed by atoms with E-state index in [1.165, 1.54) is 28.6 Å². The SMILES string of the molecule is Cc1c(CN2CCC(Nc3nc(C4CC4NC45CC(Cn6c(C#N)cc7c(C)c(CN8CCC(Nc9ncnc%10sc(CC(F)(F)F)cc9%10)CC8)ccc76)(C4)C5)nc4sc(CC(F)(F)F)cc34)CC2)ccc2c1cc(C#N)n2CC12CC(Nc3cnc(-c4nc(NC5CCN(Cc6ccc7c(cc(C#N)n7CC78CC(NC9CCOCC9)([C@H]7C)[C@H]8C)c6C)CC5)c5cc(CC(F)(F)F)sc5n4)cn3)(C1)C2. The molecule has 0 amide bonds. The lowest BCUT2D eigenvalue weighted by Crippen LogP contribution is -2.87. The molecule has 4 aliphatic heterocycles. The third-order valence-corrected chi connectivity index (χ3v) is 37.4. The van der Waals surface area contributed by atoms with Crippen molar-refractivity contribution in [1.29, 1.82) is 15.8 Å². The molecular formula is C104H110F9N23OS3. The first-order valence-electron chi connectivity index (χ1n) is 49.4. The summed E-state index contributed by atoms with van der Waals surface area (Å²) in [4.78, 5) is 47.7. The topological polar surface area (TPSA) is 280 Å². The molecule has 4 saturated heterocycles. The van der Waals surface area contributed by atoms with Crippen molar-refractivity contribution in [1.82, 2.24) is 78.9 Å². The molecule has 3 aromatic carbocycles. The number of rotatable bonds is 29. The number of aryl methyl sites for hydroxylation is 3. The summed E-state index contributed by atoms with van der Waals surface area (Å²) < 4.78 is 136. The summed E-state index contributed by atoms with van der Waals surface area (Å²) in [6.45, 7) is 22.2. The largest absolute Gasteiger partial charge is 0.393 e. The number of alkyl halides is 9. The van der Waals surface area contributed by atoms with Gasteiger partial charge in [-0.3, -0.25) is 14.7 Å². The van der Waals surface area contributed by atoms with Gasteiger partial charge in [0.2, 0.25) is 0 Å². The molecule has 6 bridgehead atoms.